The number of halogens is 3. The molecule has 5 nitrogen and oxygen atoms in total. The first kappa shape index (κ1) is 13.9. The minimum atomic E-state index is -4.67. The van der Waals surface area contributed by atoms with Crippen LogP contribution in [0.3, 0.4) is 0 Å². The van der Waals surface area contributed by atoms with Gasteiger partial charge in [0, 0.05) is 17.8 Å². The van der Waals surface area contributed by atoms with Gasteiger partial charge in [-0.05, 0) is 14.0 Å². The average molecular weight is 253 g/mol. The van der Waals surface area contributed by atoms with E-state index in [2.05, 4.69) is 15.5 Å². The number of aryl methyl sites for hydroxylation is 1. The molecule has 1 aromatic rings. The highest BCUT2D eigenvalue weighted by Crippen LogP contribution is 2.35. The largest absolute Gasteiger partial charge is 0.435 e. The van der Waals surface area contributed by atoms with Crippen LogP contribution in [0.2, 0.25) is 0 Å². The lowest BCUT2D eigenvalue weighted by Crippen LogP contribution is -2.30. The van der Waals surface area contributed by atoms with E-state index >= 15 is 0 Å². The summed E-state index contributed by atoms with van der Waals surface area (Å²) in [6.07, 6.45) is -7.64. The fourth-order valence-corrected chi connectivity index (χ4v) is 1.53. The third kappa shape index (κ3) is 2.96. The van der Waals surface area contributed by atoms with Gasteiger partial charge in [0.2, 0.25) is 0 Å². The van der Waals surface area contributed by atoms with Crippen LogP contribution < -0.4 is 5.32 Å². The molecule has 0 saturated carbocycles. The number of alkyl halides is 3. The summed E-state index contributed by atoms with van der Waals surface area (Å²) < 4.78 is 37.7. The van der Waals surface area contributed by atoms with Crippen LogP contribution >= 0.6 is 0 Å². The van der Waals surface area contributed by atoms with Gasteiger partial charge >= 0.3 is 6.18 Å². The van der Waals surface area contributed by atoms with Crippen molar-refractivity contribution in [2.24, 2.45) is 0 Å². The van der Waals surface area contributed by atoms with Crippen LogP contribution in [0.5, 0.6) is 0 Å². The summed E-state index contributed by atoms with van der Waals surface area (Å²) in [5.74, 6) is 0. The lowest BCUT2D eigenvalue weighted by molar-refractivity contribution is -0.143. The Morgan fingerprint density at radius 1 is 1.41 bits per heavy atom. The number of aromatic nitrogens is 2. The molecular weight excluding hydrogens is 239 g/mol. The maximum absolute atomic E-state index is 12.6. The van der Waals surface area contributed by atoms with Crippen LogP contribution in [-0.4, -0.2) is 40.1 Å². The van der Waals surface area contributed by atoms with Crippen molar-refractivity contribution in [2.75, 3.05) is 13.6 Å². The Balaban J connectivity index is 3.08. The predicted octanol–water partition coefficient (Wildman–Crippen LogP) is 0.351. The van der Waals surface area contributed by atoms with E-state index in [1.807, 2.05) is 0 Å². The number of likely N-dealkylation sites (N-methyl/N-ethyl adjacent to an activating group) is 1. The van der Waals surface area contributed by atoms with E-state index in [9.17, 15) is 23.4 Å². The van der Waals surface area contributed by atoms with E-state index in [1.165, 1.54) is 14.0 Å². The molecule has 0 saturated heterocycles. The summed E-state index contributed by atoms with van der Waals surface area (Å²) in [6.45, 7) is 1.33. The zero-order valence-electron chi connectivity index (χ0n) is 9.34. The molecule has 0 aliphatic carbocycles. The van der Waals surface area contributed by atoms with E-state index in [-0.39, 0.29) is 12.2 Å². The monoisotopic (exact) mass is 253 g/mol. The Kier molecular flexibility index (Phi) is 4.12. The number of nitrogens with one attached hydrogen (secondary N) is 2. The summed E-state index contributed by atoms with van der Waals surface area (Å²) in [4.78, 5) is 0. The quantitative estimate of drug-likeness (QED) is 0.624. The van der Waals surface area contributed by atoms with E-state index in [1.54, 1.807) is 0 Å². The van der Waals surface area contributed by atoms with E-state index < -0.39 is 29.6 Å². The van der Waals surface area contributed by atoms with E-state index in [0.717, 1.165) is 0 Å². The van der Waals surface area contributed by atoms with Crippen molar-refractivity contribution in [2.45, 2.75) is 25.3 Å². The molecule has 0 aromatic carbocycles. The Labute approximate surface area is 95.7 Å². The summed E-state index contributed by atoms with van der Waals surface area (Å²) >= 11 is 0. The van der Waals surface area contributed by atoms with Crippen LogP contribution in [0.1, 0.15) is 23.1 Å². The molecule has 8 heteroatoms. The first-order chi connectivity index (χ1) is 7.79. The number of nitrogens with zero attached hydrogens (tertiary/aromatic N) is 1. The molecule has 2 unspecified atom stereocenters. The van der Waals surface area contributed by atoms with Crippen molar-refractivity contribution in [3.05, 3.63) is 17.0 Å². The van der Waals surface area contributed by atoms with E-state index in [0.29, 0.717) is 0 Å². The molecule has 1 rings (SSSR count). The van der Waals surface area contributed by atoms with Gasteiger partial charge in [-0.15, -0.1) is 0 Å². The summed E-state index contributed by atoms with van der Waals surface area (Å²) in [7, 11) is 1.52. The number of hydrogen-bond donors (Lipinski definition) is 4. The van der Waals surface area contributed by atoms with Gasteiger partial charge in [-0.1, -0.05) is 0 Å². The smallest absolute Gasteiger partial charge is 0.389 e. The van der Waals surface area contributed by atoms with Crippen LogP contribution in [-0.2, 0) is 6.18 Å². The zero-order chi connectivity index (χ0) is 13.2. The average Bonchev–Trinajstić information content (AvgIpc) is 2.59. The van der Waals surface area contributed by atoms with Gasteiger partial charge < -0.3 is 15.5 Å². The summed E-state index contributed by atoms with van der Waals surface area (Å²) in [6, 6.07) is 0. The molecule has 0 aliphatic heterocycles. The van der Waals surface area contributed by atoms with Crippen LogP contribution in [0, 0.1) is 6.92 Å². The standard InChI is InChI=1S/C9H14F3N3O2/c1-4-6(7(17)5(16)3-13-2)8(15-14-4)9(10,11)12/h5,7,13,16-17H,3H2,1-2H3,(H,14,15). The molecule has 0 aliphatic rings. The van der Waals surface area contributed by atoms with Gasteiger partial charge in [0.1, 0.15) is 6.10 Å². The fourth-order valence-electron chi connectivity index (χ4n) is 1.53. The molecule has 0 bridgehead atoms. The summed E-state index contributed by atoms with van der Waals surface area (Å²) in [5.41, 5.74) is -1.53. The number of aliphatic hydroxyl groups excluding tert-OH is 2. The second kappa shape index (κ2) is 5.03. The molecule has 4 N–H and O–H groups in total. The Bertz CT molecular complexity index is 378. The first-order valence-electron chi connectivity index (χ1n) is 4.91. The molecule has 17 heavy (non-hydrogen) atoms. The molecule has 98 valence electrons. The molecule has 0 radical (unpaired) electrons. The highest BCUT2D eigenvalue weighted by molar-refractivity contribution is 5.29. The van der Waals surface area contributed by atoms with Gasteiger partial charge in [-0.2, -0.15) is 18.3 Å². The molecule has 0 fully saturated rings. The third-order valence-electron chi connectivity index (χ3n) is 2.34. The Morgan fingerprint density at radius 3 is 2.47 bits per heavy atom. The second-order valence-electron chi connectivity index (χ2n) is 3.68. The van der Waals surface area contributed by atoms with Gasteiger partial charge in [0.25, 0.3) is 0 Å². The molecule has 1 aromatic heterocycles. The van der Waals surface area contributed by atoms with Crippen molar-refractivity contribution >= 4 is 0 Å². The molecule has 0 amide bonds. The fraction of sp³-hybridized carbons (Fsp3) is 0.667. The lowest BCUT2D eigenvalue weighted by atomic mass is 10.0. The van der Waals surface area contributed by atoms with Crippen molar-refractivity contribution in [1.29, 1.82) is 0 Å². The van der Waals surface area contributed by atoms with Crippen molar-refractivity contribution in [3.8, 4) is 0 Å². The second-order valence-corrected chi connectivity index (χ2v) is 3.68. The minimum absolute atomic E-state index is 0.0247. The minimum Gasteiger partial charge on any atom is -0.389 e. The highest BCUT2D eigenvalue weighted by Gasteiger charge is 2.40. The number of aromatic amines is 1. The normalized spacial score (nSPS) is 15.9. The first-order valence-corrected chi connectivity index (χ1v) is 4.91. The van der Waals surface area contributed by atoms with Crippen molar-refractivity contribution in [1.82, 2.24) is 15.5 Å². The van der Waals surface area contributed by atoms with Gasteiger partial charge in [-0.25, -0.2) is 0 Å². The predicted molar refractivity (Wildman–Crippen MR) is 53.2 cm³/mol. The molecular formula is C9H14F3N3O2. The van der Waals surface area contributed by atoms with Crippen molar-refractivity contribution in [3.63, 3.8) is 0 Å². The molecule has 2 atom stereocenters. The number of aliphatic hydroxyl groups is 2. The Hall–Kier alpha value is -1.12. The van der Waals surface area contributed by atoms with Gasteiger partial charge in [0.05, 0.1) is 6.10 Å². The lowest BCUT2D eigenvalue weighted by Gasteiger charge is -2.19. The van der Waals surface area contributed by atoms with Crippen LogP contribution in [0.4, 0.5) is 13.2 Å². The Morgan fingerprint density at radius 2 is 2.00 bits per heavy atom. The topological polar surface area (TPSA) is 81.2 Å². The molecule has 0 spiro atoms. The van der Waals surface area contributed by atoms with Crippen LogP contribution in [0.15, 0.2) is 0 Å². The number of rotatable bonds is 4. The zero-order valence-corrected chi connectivity index (χ0v) is 9.34. The third-order valence-corrected chi connectivity index (χ3v) is 2.34. The van der Waals surface area contributed by atoms with E-state index in [4.69, 9.17) is 0 Å². The maximum Gasteiger partial charge on any atom is 0.435 e. The molecule has 1 heterocycles. The number of H-pyrrole nitrogens is 1. The SMILES string of the molecule is CNCC(O)C(O)c1c(C(F)(F)F)n[nH]c1C. The van der Waals surface area contributed by atoms with Gasteiger partial charge in [-0.3, -0.25) is 5.10 Å². The summed E-state index contributed by atoms with van der Waals surface area (Å²) in [5, 5.41) is 27.0. The van der Waals surface area contributed by atoms with Crippen molar-refractivity contribution < 1.29 is 23.4 Å². The number of hydrogen-bond acceptors (Lipinski definition) is 4. The van der Waals surface area contributed by atoms with Crippen LogP contribution in [0.25, 0.3) is 0 Å². The highest BCUT2D eigenvalue weighted by atomic mass is 19.4. The van der Waals surface area contributed by atoms with Gasteiger partial charge in [0.15, 0.2) is 5.69 Å². The maximum atomic E-state index is 12.6.